The van der Waals surface area contributed by atoms with Gasteiger partial charge in [0.05, 0.1) is 30.7 Å². The zero-order valence-corrected chi connectivity index (χ0v) is 18.2. The first kappa shape index (κ1) is 22.1. The third kappa shape index (κ3) is 7.77. The fraction of sp³-hybridized carbons (Fsp3) is 0.611. The predicted octanol–water partition coefficient (Wildman–Crippen LogP) is 2.93. The highest BCUT2D eigenvalue weighted by Crippen LogP contribution is 2.22. The lowest BCUT2D eigenvalue weighted by atomic mass is 10.2. The summed E-state index contributed by atoms with van der Waals surface area (Å²) in [5.41, 5.74) is 0.112. The zero-order valence-electron chi connectivity index (χ0n) is 15.8. The van der Waals surface area contributed by atoms with Crippen LogP contribution in [0.4, 0.5) is 4.79 Å². The first-order chi connectivity index (χ1) is 12.6. The number of nitrogens with zero attached hydrogens (tertiary/aromatic N) is 1. The van der Waals surface area contributed by atoms with Crippen LogP contribution in [0, 0.1) is 0 Å². The molecule has 2 atom stereocenters. The molecule has 1 fully saturated rings. The first-order valence-corrected chi connectivity index (χ1v) is 11.2. The van der Waals surface area contributed by atoms with Gasteiger partial charge in [-0.3, -0.25) is 4.18 Å². The number of hydrogen-bond acceptors (Lipinski definition) is 6. The van der Waals surface area contributed by atoms with E-state index in [1.54, 1.807) is 29.2 Å². The van der Waals surface area contributed by atoms with Gasteiger partial charge in [0, 0.05) is 6.54 Å². The molecule has 1 aromatic rings. The van der Waals surface area contributed by atoms with Crippen LogP contribution in [0.5, 0.6) is 0 Å². The van der Waals surface area contributed by atoms with E-state index in [9.17, 15) is 13.2 Å². The monoisotopic (exact) mass is 463 g/mol. The van der Waals surface area contributed by atoms with E-state index in [0.29, 0.717) is 18.7 Å². The van der Waals surface area contributed by atoms with Crippen molar-refractivity contribution in [1.82, 2.24) is 4.90 Å². The summed E-state index contributed by atoms with van der Waals surface area (Å²) >= 11 is 3.50. The number of alkyl halides is 1. The summed E-state index contributed by atoms with van der Waals surface area (Å²) in [5, 5.41) is 0. The van der Waals surface area contributed by atoms with Gasteiger partial charge in [0.15, 0.2) is 0 Å². The third-order valence-electron chi connectivity index (χ3n) is 3.71. The minimum atomic E-state index is -3.66. The van der Waals surface area contributed by atoms with Crippen molar-refractivity contribution in [2.45, 2.75) is 43.1 Å². The van der Waals surface area contributed by atoms with Crippen LogP contribution < -0.4 is 0 Å². The Morgan fingerprint density at radius 1 is 1.19 bits per heavy atom. The highest BCUT2D eigenvalue weighted by molar-refractivity contribution is 9.09. The standard InChI is InChI=1S/C18H26BrNO6S/c1-18(2,3)26-17(21)20-11-15(19)16(12-20)24-9-10-25-27(22,23)13-14-7-5-4-6-8-14/h4-8,15-16H,9-13H2,1-3H3. The molecule has 1 saturated heterocycles. The number of rotatable bonds is 7. The van der Waals surface area contributed by atoms with Crippen molar-refractivity contribution >= 4 is 32.1 Å². The molecule has 0 spiro atoms. The van der Waals surface area contributed by atoms with Crippen molar-refractivity contribution in [3.05, 3.63) is 35.9 Å². The Kier molecular flexibility index (Phi) is 7.67. The summed E-state index contributed by atoms with van der Waals surface area (Å²) in [6.45, 7) is 6.32. The summed E-state index contributed by atoms with van der Waals surface area (Å²) in [4.78, 5) is 13.6. The van der Waals surface area contributed by atoms with Gasteiger partial charge < -0.3 is 14.4 Å². The zero-order chi connectivity index (χ0) is 20.1. The van der Waals surface area contributed by atoms with Crippen molar-refractivity contribution in [3.8, 4) is 0 Å². The smallest absolute Gasteiger partial charge is 0.410 e. The van der Waals surface area contributed by atoms with Crippen LogP contribution in [0.3, 0.4) is 0 Å². The van der Waals surface area contributed by atoms with Crippen molar-refractivity contribution in [2.24, 2.45) is 0 Å². The fourth-order valence-corrected chi connectivity index (χ4v) is 4.22. The van der Waals surface area contributed by atoms with Crippen molar-refractivity contribution in [1.29, 1.82) is 0 Å². The molecule has 2 unspecified atom stereocenters. The lowest BCUT2D eigenvalue weighted by Crippen LogP contribution is -2.36. The Morgan fingerprint density at radius 2 is 1.85 bits per heavy atom. The van der Waals surface area contributed by atoms with Gasteiger partial charge in [0.1, 0.15) is 11.4 Å². The van der Waals surface area contributed by atoms with Gasteiger partial charge in [-0.1, -0.05) is 46.3 Å². The minimum absolute atomic E-state index is 0.0501. The molecule has 1 aromatic carbocycles. The number of carbonyl (C=O) groups is 1. The SMILES string of the molecule is CC(C)(C)OC(=O)N1CC(Br)C(OCCOS(=O)(=O)Cc2ccccc2)C1. The molecule has 7 nitrogen and oxygen atoms in total. The summed E-state index contributed by atoms with van der Waals surface area (Å²) in [5.74, 6) is -0.176. The molecule has 0 bridgehead atoms. The highest BCUT2D eigenvalue weighted by atomic mass is 79.9. The van der Waals surface area contributed by atoms with Crippen LogP contribution in [-0.2, 0) is 29.5 Å². The maximum atomic E-state index is 12.1. The van der Waals surface area contributed by atoms with Crippen molar-refractivity contribution in [2.75, 3.05) is 26.3 Å². The van der Waals surface area contributed by atoms with Gasteiger partial charge in [-0.2, -0.15) is 8.42 Å². The summed E-state index contributed by atoms with van der Waals surface area (Å²) in [6, 6.07) is 8.85. The Labute approximate surface area is 169 Å². The molecule has 9 heteroatoms. The molecule has 0 N–H and O–H groups in total. The number of benzene rings is 1. The fourth-order valence-electron chi connectivity index (χ4n) is 2.55. The minimum Gasteiger partial charge on any atom is -0.444 e. The topological polar surface area (TPSA) is 82.1 Å². The molecule has 1 aliphatic rings. The number of halogens is 1. The van der Waals surface area contributed by atoms with Crippen LogP contribution in [0.25, 0.3) is 0 Å². The number of carbonyl (C=O) groups excluding carboxylic acids is 1. The second-order valence-corrected chi connectivity index (χ2v) is 10.1. The van der Waals surface area contributed by atoms with E-state index < -0.39 is 15.7 Å². The Hall–Kier alpha value is -1.16. The largest absolute Gasteiger partial charge is 0.444 e. The molecule has 27 heavy (non-hydrogen) atoms. The molecule has 0 radical (unpaired) electrons. The molecule has 1 heterocycles. The average Bonchev–Trinajstić information content (AvgIpc) is 2.92. The molecular formula is C18H26BrNO6S. The van der Waals surface area contributed by atoms with Crippen molar-refractivity contribution < 1.29 is 26.9 Å². The number of amides is 1. The summed E-state index contributed by atoms with van der Waals surface area (Å²) < 4.78 is 40.0. The lowest BCUT2D eigenvalue weighted by Gasteiger charge is -2.24. The third-order valence-corrected chi connectivity index (χ3v) is 5.81. The number of ether oxygens (including phenoxy) is 2. The van der Waals surface area contributed by atoms with Gasteiger partial charge in [0.2, 0.25) is 0 Å². The van der Waals surface area contributed by atoms with Crippen LogP contribution >= 0.6 is 15.9 Å². The summed E-state index contributed by atoms with van der Waals surface area (Å²) in [7, 11) is -3.66. The molecule has 0 saturated carbocycles. The van der Waals surface area contributed by atoms with E-state index in [4.69, 9.17) is 13.7 Å². The normalized spacial score (nSPS) is 20.7. The van der Waals surface area contributed by atoms with E-state index in [1.165, 1.54) is 0 Å². The van der Waals surface area contributed by atoms with E-state index in [1.807, 2.05) is 26.8 Å². The molecular weight excluding hydrogens is 438 g/mol. The van der Waals surface area contributed by atoms with Gasteiger partial charge in [-0.25, -0.2) is 4.79 Å². The molecule has 1 aliphatic heterocycles. The predicted molar refractivity (Wildman–Crippen MR) is 105 cm³/mol. The van der Waals surface area contributed by atoms with E-state index in [-0.39, 0.29) is 36.0 Å². The molecule has 1 amide bonds. The van der Waals surface area contributed by atoms with Crippen LogP contribution in [-0.4, -0.2) is 62.2 Å². The van der Waals surface area contributed by atoms with Gasteiger partial charge in [-0.15, -0.1) is 0 Å². The van der Waals surface area contributed by atoms with Gasteiger partial charge in [0.25, 0.3) is 10.1 Å². The van der Waals surface area contributed by atoms with Gasteiger partial charge >= 0.3 is 6.09 Å². The number of likely N-dealkylation sites (tertiary alicyclic amines) is 1. The molecule has 0 aromatic heterocycles. The Morgan fingerprint density at radius 3 is 2.48 bits per heavy atom. The maximum absolute atomic E-state index is 12.1. The van der Waals surface area contributed by atoms with E-state index in [0.717, 1.165) is 0 Å². The molecule has 152 valence electrons. The van der Waals surface area contributed by atoms with E-state index >= 15 is 0 Å². The van der Waals surface area contributed by atoms with Crippen LogP contribution in [0.15, 0.2) is 30.3 Å². The first-order valence-electron chi connectivity index (χ1n) is 8.70. The van der Waals surface area contributed by atoms with Crippen LogP contribution in [0.1, 0.15) is 26.3 Å². The average molecular weight is 464 g/mol. The highest BCUT2D eigenvalue weighted by Gasteiger charge is 2.36. The quantitative estimate of drug-likeness (QED) is 0.351. The van der Waals surface area contributed by atoms with E-state index in [2.05, 4.69) is 15.9 Å². The summed E-state index contributed by atoms with van der Waals surface area (Å²) in [6.07, 6.45) is -0.641. The Balaban J connectivity index is 1.73. The van der Waals surface area contributed by atoms with Crippen LogP contribution in [0.2, 0.25) is 0 Å². The molecule has 2 rings (SSSR count). The molecule has 0 aliphatic carbocycles. The number of hydrogen-bond donors (Lipinski definition) is 0. The second kappa shape index (κ2) is 9.36. The lowest BCUT2D eigenvalue weighted by molar-refractivity contribution is 0.0180. The second-order valence-electron chi connectivity index (χ2n) is 7.32. The van der Waals surface area contributed by atoms with Crippen molar-refractivity contribution in [3.63, 3.8) is 0 Å². The Bertz CT molecular complexity index is 719. The van der Waals surface area contributed by atoms with Gasteiger partial charge in [-0.05, 0) is 26.3 Å². The maximum Gasteiger partial charge on any atom is 0.410 e.